The van der Waals surface area contributed by atoms with Gasteiger partial charge in [0.15, 0.2) is 0 Å². The SMILES string of the molecule is CN1C(=O)[C@@H](NC(=O)c2nnc(Cc3ccccc3)o2)C2CC2c2cccnc21. The number of benzene rings is 1. The average Bonchev–Trinajstić information content (AvgIpc) is 3.41. The summed E-state index contributed by atoms with van der Waals surface area (Å²) in [5, 5.41) is 10.6. The number of hydrogen-bond acceptors (Lipinski definition) is 6. The molecule has 1 aliphatic heterocycles. The van der Waals surface area contributed by atoms with Crippen LogP contribution >= 0.6 is 0 Å². The Bertz CT molecular complexity index is 1080. The van der Waals surface area contributed by atoms with E-state index in [4.69, 9.17) is 4.42 Å². The maximum absolute atomic E-state index is 13.0. The van der Waals surface area contributed by atoms with Crippen LogP contribution in [0, 0.1) is 5.92 Å². The van der Waals surface area contributed by atoms with Gasteiger partial charge in [-0.05, 0) is 35.4 Å². The summed E-state index contributed by atoms with van der Waals surface area (Å²) < 4.78 is 5.52. The smallest absolute Gasteiger partial charge is 0.309 e. The molecule has 3 atom stereocenters. The maximum Gasteiger partial charge on any atom is 0.309 e. The van der Waals surface area contributed by atoms with E-state index in [0.717, 1.165) is 17.5 Å². The molecule has 2 aromatic heterocycles. The molecule has 1 N–H and O–H groups in total. The molecule has 0 bridgehead atoms. The fourth-order valence-corrected chi connectivity index (χ4v) is 3.97. The highest BCUT2D eigenvalue weighted by molar-refractivity contribution is 6.02. The van der Waals surface area contributed by atoms with E-state index < -0.39 is 11.9 Å². The highest BCUT2D eigenvalue weighted by Crippen LogP contribution is 2.53. The molecule has 1 aromatic carbocycles. The second-order valence-corrected chi connectivity index (χ2v) is 7.43. The van der Waals surface area contributed by atoms with Gasteiger partial charge in [0, 0.05) is 13.2 Å². The van der Waals surface area contributed by atoms with Gasteiger partial charge in [-0.2, -0.15) is 0 Å². The first-order valence-corrected chi connectivity index (χ1v) is 9.51. The number of likely N-dealkylation sites (N-methyl/N-ethyl adjacent to an activating group) is 1. The Morgan fingerprint density at radius 2 is 2.03 bits per heavy atom. The van der Waals surface area contributed by atoms with E-state index in [0.29, 0.717) is 18.1 Å². The number of pyridine rings is 1. The Labute approximate surface area is 167 Å². The largest absolute Gasteiger partial charge is 0.417 e. The first-order chi connectivity index (χ1) is 14.1. The Kier molecular flexibility index (Phi) is 4.12. The minimum absolute atomic E-state index is 0.0473. The van der Waals surface area contributed by atoms with Crippen LogP contribution in [-0.2, 0) is 11.2 Å². The molecule has 146 valence electrons. The van der Waals surface area contributed by atoms with E-state index in [2.05, 4.69) is 20.5 Å². The van der Waals surface area contributed by atoms with E-state index in [1.165, 1.54) is 4.90 Å². The van der Waals surface area contributed by atoms with Gasteiger partial charge in [-0.3, -0.25) is 14.5 Å². The molecule has 1 aliphatic carbocycles. The summed E-state index contributed by atoms with van der Waals surface area (Å²) >= 11 is 0. The molecule has 2 amide bonds. The quantitative estimate of drug-likeness (QED) is 0.732. The van der Waals surface area contributed by atoms with Crippen molar-refractivity contribution in [1.29, 1.82) is 0 Å². The van der Waals surface area contributed by atoms with E-state index in [1.807, 2.05) is 42.5 Å². The lowest BCUT2D eigenvalue weighted by Gasteiger charge is -2.22. The zero-order valence-electron chi connectivity index (χ0n) is 15.8. The van der Waals surface area contributed by atoms with Crippen molar-refractivity contribution in [3.63, 3.8) is 0 Å². The lowest BCUT2D eigenvalue weighted by molar-refractivity contribution is -0.120. The van der Waals surface area contributed by atoms with Crippen LogP contribution in [0.3, 0.4) is 0 Å². The Balaban J connectivity index is 1.32. The van der Waals surface area contributed by atoms with Gasteiger partial charge < -0.3 is 9.73 Å². The zero-order chi connectivity index (χ0) is 20.0. The first-order valence-electron chi connectivity index (χ1n) is 9.51. The first kappa shape index (κ1) is 17.5. The van der Waals surface area contributed by atoms with Crippen molar-refractivity contribution in [2.24, 2.45) is 5.92 Å². The van der Waals surface area contributed by atoms with Gasteiger partial charge in [0.1, 0.15) is 11.9 Å². The van der Waals surface area contributed by atoms with Crippen molar-refractivity contribution < 1.29 is 14.0 Å². The summed E-state index contributed by atoms with van der Waals surface area (Å²) in [4.78, 5) is 31.5. The number of amides is 2. The van der Waals surface area contributed by atoms with Gasteiger partial charge in [-0.15, -0.1) is 10.2 Å². The Morgan fingerprint density at radius 1 is 1.21 bits per heavy atom. The van der Waals surface area contributed by atoms with Crippen LogP contribution in [0.25, 0.3) is 0 Å². The summed E-state index contributed by atoms with van der Waals surface area (Å²) in [6, 6.07) is 12.9. The van der Waals surface area contributed by atoms with Gasteiger partial charge >= 0.3 is 11.8 Å². The number of carbonyl (C=O) groups excluding carboxylic acids is 2. The Morgan fingerprint density at radius 3 is 2.86 bits per heavy atom. The standard InChI is InChI=1S/C21H19N5O3/c1-26-18-13(8-5-9-22-18)14-11-15(14)17(21(26)28)23-19(27)20-25-24-16(29-20)10-12-6-3-2-4-7-12/h2-9,14-15,17H,10-11H2,1H3,(H,23,27)/t14?,15?,17-/m0/s1. The third-order valence-electron chi connectivity index (χ3n) is 5.54. The molecule has 8 heteroatoms. The molecule has 3 heterocycles. The van der Waals surface area contributed by atoms with E-state index in [-0.39, 0.29) is 23.6 Å². The molecule has 0 saturated heterocycles. The van der Waals surface area contributed by atoms with Crippen molar-refractivity contribution >= 4 is 17.6 Å². The summed E-state index contributed by atoms with van der Waals surface area (Å²) in [5.74, 6) is 0.417. The molecule has 1 saturated carbocycles. The number of nitrogens with one attached hydrogen (secondary N) is 1. The fourth-order valence-electron chi connectivity index (χ4n) is 3.97. The predicted octanol–water partition coefficient (Wildman–Crippen LogP) is 1.93. The molecule has 2 unspecified atom stereocenters. The second kappa shape index (κ2) is 6.80. The van der Waals surface area contributed by atoms with Gasteiger partial charge in [0.05, 0.1) is 6.42 Å². The highest BCUT2D eigenvalue weighted by Gasteiger charge is 2.52. The van der Waals surface area contributed by atoms with Gasteiger partial charge in [0.25, 0.3) is 5.91 Å². The van der Waals surface area contributed by atoms with Crippen LogP contribution in [-0.4, -0.2) is 40.1 Å². The van der Waals surface area contributed by atoms with Crippen LogP contribution in [0.2, 0.25) is 0 Å². The molecule has 8 nitrogen and oxygen atoms in total. The number of nitrogens with zero attached hydrogens (tertiary/aromatic N) is 4. The van der Waals surface area contributed by atoms with Crippen molar-refractivity contribution in [3.05, 3.63) is 71.6 Å². The maximum atomic E-state index is 13.0. The summed E-state index contributed by atoms with van der Waals surface area (Å²) in [5.41, 5.74) is 2.06. The van der Waals surface area contributed by atoms with E-state index >= 15 is 0 Å². The zero-order valence-corrected chi connectivity index (χ0v) is 15.8. The lowest BCUT2D eigenvalue weighted by Crippen LogP contribution is -2.48. The molecule has 3 aromatic rings. The third-order valence-corrected chi connectivity index (χ3v) is 5.54. The molecular weight excluding hydrogens is 370 g/mol. The van der Waals surface area contributed by atoms with Gasteiger partial charge in [-0.1, -0.05) is 36.4 Å². The summed E-state index contributed by atoms with van der Waals surface area (Å²) in [7, 11) is 1.68. The van der Waals surface area contributed by atoms with Crippen LogP contribution in [0.1, 0.15) is 40.0 Å². The fraction of sp³-hybridized carbons (Fsp3) is 0.286. The second-order valence-electron chi connectivity index (χ2n) is 7.43. The monoisotopic (exact) mass is 389 g/mol. The highest BCUT2D eigenvalue weighted by atomic mass is 16.4. The molecule has 0 radical (unpaired) electrons. The number of aromatic nitrogens is 3. The summed E-state index contributed by atoms with van der Waals surface area (Å²) in [6.45, 7) is 0. The lowest BCUT2D eigenvalue weighted by atomic mass is 10.1. The van der Waals surface area contributed by atoms with Crippen molar-refractivity contribution in [1.82, 2.24) is 20.5 Å². The van der Waals surface area contributed by atoms with Crippen molar-refractivity contribution in [2.45, 2.75) is 24.8 Å². The number of hydrogen-bond donors (Lipinski definition) is 1. The molecule has 5 rings (SSSR count). The minimum atomic E-state index is -0.642. The van der Waals surface area contributed by atoms with Crippen LogP contribution in [0.5, 0.6) is 0 Å². The number of rotatable bonds is 4. The number of carbonyl (C=O) groups is 2. The Hall–Kier alpha value is -3.55. The predicted molar refractivity (Wildman–Crippen MR) is 103 cm³/mol. The molecular formula is C21H19N5O3. The number of anilines is 1. The minimum Gasteiger partial charge on any atom is -0.417 e. The molecule has 2 aliphatic rings. The molecule has 0 spiro atoms. The van der Waals surface area contributed by atoms with Crippen molar-refractivity contribution in [3.8, 4) is 0 Å². The summed E-state index contributed by atoms with van der Waals surface area (Å²) in [6.07, 6.45) is 2.95. The molecule has 1 fully saturated rings. The van der Waals surface area contributed by atoms with E-state index in [1.54, 1.807) is 13.2 Å². The van der Waals surface area contributed by atoms with Gasteiger partial charge in [-0.25, -0.2) is 4.98 Å². The number of fused-ring (bicyclic) bond motifs is 3. The van der Waals surface area contributed by atoms with Crippen LogP contribution in [0.15, 0.2) is 53.1 Å². The van der Waals surface area contributed by atoms with Crippen LogP contribution in [0.4, 0.5) is 5.82 Å². The molecule has 29 heavy (non-hydrogen) atoms. The van der Waals surface area contributed by atoms with Crippen molar-refractivity contribution in [2.75, 3.05) is 11.9 Å². The van der Waals surface area contributed by atoms with Gasteiger partial charge in [0.2, 0.25) is 5.89 Å². The van der Waals surface area contributed by atoms with E-state index in [9.17, 15) is 9.59 Å². The topological polar surface area (TPSA) is 101 Å². The average molecular weight is 389 g/mol. The normalized spacial score (nSPS) is 22.4. The van der Waals surface area contributed by atoms with Crippen LogP contribution < -0.4 is 10.2 Å². The third kappa shape index (κ3) is 3.16.